The van der Waals surface area contributed by atoms with Crippen molar-refractivity contribution < 1.29 is 9.47 Å². The summed E-state index contributed by atoms with van der Waals surface area (Å²) in [6.07, 6.45) is 6.04. The van der Waals surface area contributed by atoms with Crippen LogP contribution in [0.3, 0.4) is 0 Å². The topological polar surface area (TPSA) is 52.5 Å². The minimum atomic E-state index is -0.0245. The van der Waals surface area contributed by atoms with Crippen LogP contribution in [0.5, 0.6) is 5.75 Å². The third-order valence-electron chi connectivity index (χ3n) is 6.62. The van der Waals surface area contributed by atoms with Crippen molar-refractivity contribution in [1.29, 1.82) is 0 Å². The maximum Gasteiger partial charge on any atom is 0.201 e. The van der Waals surface area contributed by atoms with E-state index in [1.807, 2.05) is 92.7 Å². The molecule has 0 spiro atoms. The fraction of sp³-hybridized carbons (Fsp3) is 0.0938. The van der Waals surface area contributed by atoms with E-state index < -0.39 is 0 Å². The summed E-state index contributed by atoms with van der Waals surface area (Å²) in [6.45, 7) is 6.04. The van der Waals surface area contributed by atoms with Crippen LogP contribution in [0.2, 0.25) is 0 Å². The molecule has 6 rings (SSSR count). The van der Waals surface area contributed by atoms with E-state index in [2.05, 4.69) is 22.9 Å². The number of aromatic nitrogens is 1. The summed E-state index contributed by atoms with van der Waals surface area (Å²) in [4.78, 5) is 12.4. The van der Waals surface area contributed by atoms with Crippen molar-refractivity contribution >= 4 is 11.8 Å². The van der Waals surface area contributed by atoms with Gasteiger partial charge in [0.05, 0.1) is 17.1 Å². The monoisotopic (exact) mass is 486 g/mol. The number of ether oxygens (including phenoxy) is 2. The molecule has 4 aliphatic rings. The molecule has 1 N–H and O–H groups in total. The molecule has 0 saturated carbocycles. The normalized spacial score (nSPS) is 16.9. The van der Waals surface area contributed by atoms with Gasteiger partial charge in [0.15, 0.2) is 11.2 Å². The molecule has 2 aromatic rings. The maximum atomic E-state index is 12.4. The average molecular weight is 487 g/mol. The van der Waals surface area contributed by atoms with Gasteiger partial charge >= 0.3 is 0 Å². The first-order valence-corrected chi connectivity index (χ1v) is 12.2. The van der Waals surface area contributed by atoms with Crippen LogP contribution < -0.4 is 15.5 Å². The van der Waals surface area contributed by atoms with Crippen LogP contribution in [0.15, 0.2) is 124 Å². The minimum absolute atomic E-state index is 0.0245. The first-order valence-electron chi connectivity index (χ1n) is 12.2. The number of fused-ring (bicyclic) bond motifs is 2. The number of pyridine rings is 1. The van der Waals surface area contributed by atoms with Gasteiger partial charge < -0.3 is 19.4 Å². The molecule has 37 heavy (non-hydrogen) atoms. The van der Waals surface area contributed by atoms with Gasteiger partial charge in [-0.1, -0.05) is 30.3 Å². The highest BCUT2D eigenvalue weighted by atomic mass is 16.5. The van der Waals surface area contributed by atoms with E-state index in [9.17, 15) is 4.79 Å². The van der Waals surface area contributed by atoms with E-state index >= 15 is 0 Å². The number of hydrogen-bond acceptors (Lipinski definition) is 4. The van der Waals surface area contributed by atoms with Gasteiger partial charge in [0.1, 0.15) is 11.5 Å². The third kappa shape index (κ3) is 4.25. The molecular formula is C32H26N2O3. The Morgan fingerprint density at radius 2 is 1.68 bits per heavy atom. The summed E-state index contributed by atoms with van der Waals surface area (Å²) in [7, 11) is 0. The van der Waals surface area contributed by atoms with Crippen molar-refractivity contribution in [1.82, 2.24) is 4.57 Å². The number of benzene rings is 3. The molecule has 0 radical (unpaired) electrons. The highest BCUT2D eigenvalue weighted by molar-refractivity contribution is 5.73. The van der Waals surface area contributed by atoms with E-state index in [1.165, 1.54) is 0 Å². The SMILES string of the molecule is CC1=CC(C(/C)=C2\Nc3ccccc3O2)=C/C(=C/c2cc(C)c3ccc(=O)cc-3n2-c2ccccc2)O1. The molecule has 1 aliphatic carbocycles. The summed E-state index contributed by atoms with van der Waals surface area (Å²) in [5.41, 5.74) is 7.76. The lowest BCUT2D eigenvalue weighted by atomic mass is 10.00. The Bertz CT molecular complexity index is 1660. The molecule has 5 nitrogen and oxygen atoms in total. The second-order valence-electron chi connectivity index (χ2n) is 9.28. The first kappa shape index (κ1) is 22.7. The molecule has 0 bridgehead atoms. The molecule has 0 atom stereocenters. The van der Waals surface area contributed by atoms with Gasteiger partial charge in [-0.2, -0.15) is 0 Å². The molecule has 5 heteroatoms. The largest absolute Gasteiger partial charge is 0.462 e. The van der Waals surface area contributed by atoms with Gasteiger partial charge in [-0.05, 0) is 86.5 Å². The Hall–Kier alpha value is -4.77. The third-order valence-corrected chi connectivity index (χ3v) is 6.62. The zero-order valence-electron chi connectivity index (χ0n) is 20.9. The predicted molar refractivity (Wildman–Crippen MR) is 148 cm³/mol. The number of anilines is 1. The van der Waals surface area contributed by atoms with Crippen LogP contribution in [0.4, 0.5) is 5.69 Å². The Labute approximate surface area is 215 Å². The number of aryl methyl sites for hydroxylation is 1. The Kier molecular flexibility index (Phi) is 5.53. The van der Waals surface area contributed by atoms with Gasteiger partial charge in [-0.15, -0.1) is 0 Å². The molecule has 0 saturated heterocycles. The lowest BCUT2D eigenvalue weighted by Gasteiger charge is -2.22. The summed E-state index contributed by atoms with van der Waals surface area (Å²) in [6, 6.07) is 25.3. The fourth-order valence-corrected chi connectivity index (χ4v) is 4.81. The van der Waals surface area contributed by atoms with Crippen LogP contribution in [-0.2, 0) is 4.74 Å². The molecule has 2 aromatic carbocycles. The standard InChI is InChI=1S/C32H26N2O3/c1-20-15-25(34(24-9-5-4-6-10-24)30-19-26(35)13-14-28(20)30)18-27-17-23(16-21(2)36-27)22(3)32-33-29-11-7-8-12-31(29)37-32/h4-19,33H,1-3H3/b27-18-,32-22+. The number of rotatable bonds is 3. The van der Waals surface area contributed by atoms with E-state index in [1.54, 1.807) is 12.1 Å². The van der Waals surface area contributed by atoms with Crippen LogP contribution in [0.1, 0.15) is 25.1 Å². The summed E-state index contributed by atoms with van der Waals surface area (Å²) in [5, 5.41) is 3.37. The number of allylic oxidation sites excluding steroid dienone is 5. The number of hydrogen-bond donors (Lipinski definition) is 1. The lowest BCUT2D eigenvalue weighted by Crippen LogP contribution is -2.11. The zero-order chi connectivity index (χ0) is 25.5. The second-order valence-corrected chi connectivity index (χ2v) is 9.28. The van der Waals surface area contributed by atoms with Crippen molar-refractivity contribution in [2.75, 3.05) is 5.32 Å². The number of para-hydroxylation sites is 3. The molecule has 0 amide bonds. The maximum absolute atomic E-state index is 12.4. The van der Waals surface area contributed by atoms with Crippen LogP contribution >= 0.6 is 0 Å². The Morgan fingerprint density at radius 3 is 2.49 bits per heavy atom. The second kappa shape index (κ2) is 9.03. The number of nitrogens with zero attached hydrogens (tertiary/aromatic N) is 1. The van der Waals surface area contributed by atoms with E-state index in [0.717, 1.165) is 56.5 Å². The minimum Gasteiger partial charge on any atom is -0.462 e. The summed E-state index contributed by atoms with van der Waals surface area (Å²) in [5.74, 6) is 3.01. The smallest absolute Gasteiger partial charge is 0.201 e. The quantitative estimate of drug-likeness (QED) is 0.333. The molecule has 0 unspecified atom stereocenters. The Balaban J connectivity index is 1.48. The molecule has 0 aromatic heterocycles. The van der Waals surface area contributed by atoms with Crippen LogP contribution in [0, 0.1) is 6.92 Å². The highest BCUT2D eigenvalue weighted by Crippen LogP contribution is 2.37. The summed E-state index contributed by atoms with van der Waals surface area (Å²) < 4.78 is 14.3. The summed E-state index contributed by atoms with van der Waals surface area (Å²) >= 11 is 0. The van der Waals surface area contributed by atoms with Gasteiger partial charge in [-0.25, -0.2) is 0 Å². The Morgan fingerprint density at radius 1 is 0.892 bits per heavy atom. The van der Waals surface area contributed by atoms with Crippen LogP contribution in [-0.4, -0.2) is 4.57 Å². The van der Waals surface area contributed by atoms with Crippen molar-refractivity contribution in [3.8, 4) is 22.7 Å². The van der Waals surface area contributed by atoms with E-state index in [-0.39, 0.29) is 5.43 Å². The fourth-order valence-electron chi connectivity index (χ4n) is 4.81. The first-order chi connectivity index (χ1) is 18.0. The highest BCUT2D eigenvalue weighted by Gasteiger charge is 2.21. The molecule has 3 heterocycles. The van der Waals surface area contributed by atoms with Crippen molar-refractivity contribution in [3.05, 3.63) is 141 Å². The van der Waals surface area contributed by atoms with Crippen molar-refractivity contribution in [2.45, 2.75) is 20.8 Å². The zero-order valence-corrected chi connectivity index (χ0v) is 20.9. The molecular weight excluding hydrogens is 460 g/mol. The van der Waals surface area contributed by atoms with Crippen LogP contribution in [0.25, 0.3) is 23.0 Å². The average Bonchev–Trinajstić information content (AvgIpc) is 3.33. The van der Waals surface area contributed by atoms with Crippen molar-refractivity contribution in [3.63, 3.8) is 0 Å². The van der Waals surface area contributed by atoms with Gasteiger partial charge in [0, 0.05) is 29.0 Å². The van der Waals surface area contributed by atoms with Gasteiger partial charge in [-0.3, -0.25) is 4.79 Å². The van der Waals surface area contributed by atoms with E-state index in [4.69, 9.17) is 9.47 Å². The molecule has 182 valence electrons. The predicted octanol–water partition coefficient (Wildman–Crippen LogP) is 7.19. The van der Waals surface area contributed by atoms with Gasteiger partial charge in [0.25, 0.3) is 0 Å². The molecule has 0 fully saturated rings. The van der Waals surface area contributed by atoms with E-state index in [0.29, 0.717) is 11.6 Å². The van der Waals surface area contributed by atoms with Crippen molar-refractivity contribution in [2.24, 2.45) is 0 Å². The van der Waals surface area contributed by atoms with Gasteiger partial charge in [0.2, 0.25) is 5.88 Å². The molecule has 3 aliphatic heterocycles. The lowest BCUT2D eigenvalue weighted by molar-refractivity contribution is 0.321. The number of nitrogens with one attached hydrogen (secondary N) is 1.